The van der Waals surface area contributed by atoms with Gasteiger partial charge in [0.25, 0.3) is 5.92 Å². The van der Waals surface area contributed by atoms with Crippen molar-refractivity contribution in [1.29, 1.82) is 0 Å². The van der Waals surface area contributed by atoms with Gasteiger partial charge in [-0.2, -0.15) is 5.10 Å². The minimum absolute atomic E-state index is 0.216. The van der Waals surface area contributed by atoms with Gasteiger partial charge in [0.05, 0.1) is 11.6 Å². The molecule has 2 heterocycles. The number of carbonyl (C=O) groups excluding carboxylic acids is 1. The molecule has 4 rings (SSSR count). The van der Waals surface area contributed by atoms with Gasteiger partial charge in [0.15, 0.2) is 5.84 Å². The van der Waals surface area contributed by atoms with E-state index >= 15 is 0 Å². The van der Waals surface area contributed by atoms with Crippen LogP contribution in [0.15, 0.2) is 53.8 Å². The normalized spacial score (nSPS) is 29.7. The number of hydrazone groups is 1. The van der Waals surface area contributed by atoms with Crippen molar-refractivity contribution < 1.29 is 18.3 Å². The van der Waals surface area contributed by atoms with Gasteiger partial charge in [0.2, 0.25) is 0 Å². The zero-order valence-corrected chi connectivity index (χ0v) is 17.9. The topological polar surface area (TPSA) is 104 Å². The Morgan fingerprint density at radius 1 is 1.25 bits per heavy atom. The number of fused-ring (bicyclic) bond motifs is 1. The van der Waals surface area contributed by atoms with Crippen LogP contribution in [-0.4, -0.2) is 28.8 Å². The Morgan fingerprint density at radius 2 is 2.00 bits per heavy atom. The summed E-state index contributed by atoms with van der Waals surface area (Å²) in [5.74, 6) is -0.334. The Bertz CT molecular complexity index is 1070. The first-order valence-electron chi connectivity index (χ1n) is 10.6. The maximum absolute atomic E-state index is 14.6. The van der Waals surface area contributed by atoms with Crippen LogP contribution in [0, 0.1) is 23.7 Å². The lowest BCUT2D eigenvalue weighted by molar-refractivity contribution is -0.152. The van der Waals surface area contributed by atoms with Crippen LogP contribution in [-0.2, 0) is 9.53 Å². The average Bonchev–Trinajstić information content (AvgIpc) is 3.06. The van der Waals surface area contributed by atoms with Crippen molar-refractivity contribution in [3.05, 3.63) is 59.9 Å². The molecule has 1 saturated heterocycles. The van der Waals surface area contributed by atoms with E-state index in [1.54, 1.807) is 31.3 Å². The number of nitrogens with two attached hydrogens (primary N) is 2. The van der Waals surface area contributed by atoms with E-state index < -0.39 is 36.1 Å². The number of nitrogens with zero attached hydrogens (tertiary/aromatic N) is 2. The van der Waals surface area contributed by atoms with Crippen molar-refractivity contribution in [2.24, 2.45) is 40.3 Å². The molecule has 1 saturated carbocycles. The van der Waals surface area contributed by atoms with E-state index in [-0.39, 0.29) is 17.9 Å². The molecule has 1 aliphatic heterocycles. The monoisotopic (exact) mass is 440 g/mol. The summed E-state index contributed by atoms with van der Waals surface area (Å²) in [7, 11) is 0. The summed E-state index contributed by atoms with van der Waals surface area (Å²) in [6, 6.07) is 11.1. The number of ether oxygens (including phenoxy) is 1. The molecular formula is C24H26F2N4O2. The summed E-state index contributed by atoms with van der Waals surface area (Å²) in [4.78, 5) is 16.5. The standard InChI is InChI=1S/C24H26F2N4O2/c1-13-17(21-14(2)32-23(31)20(21)11-24(13,25)26)10-9-16-8-7-15(12-29-16)18-5-3-4-6-19(18)22(27)30-28/h3-10,12-14,17,20-21H,11,28H2,1-2H3,(H2,27,30)/b10-9+. The smallest absolute Gasteiger partial charge is 0.309 e. The van der Waals surface area contributed by atoms with Gasteiger partial charge >= 0.3 is 5.97 Å². The maximum Gasteiger partial charge on any atom is 0.309 e. The fourth-order valence-corrected chi connectivity index (χ4v) is 4.92. The Balaban J connectivity index is 1.60. The molecular weight excluding hydrogens is 414 g/mol. The molecule has 1 aliphatic carbocycles. The van der Waals surface area contributed by atoms with Gasteiger partial charge in [0, 0.05) is 35.6 Å². The number of aromatic nitrogens is 1. The summed E-state index contributed by atoms with van der Waals surface area (Å²) in [6.45, 7) is 3.32. The molecule has 0 radical (unpaired) electrons. The minimum Gasteiger partial charge on any atom is -0.462 e. The molecule has 5 unspecified atom stereocenters. The summed E-state index contributed by atoms with van der Waals surface area (Å²) < 4.78 is 34.5. The van der Waals surface area contributed by atoms with E-state index in [2.05, 4.69) is 10.1 Å². The lowest BCUT2D eigenvalue weighted by atomic mass is 9.64. The average molecular weight is 440 g/mol. The second-order valence-electron chi connectivity index (χ2n) is 8.55. The van der Waals surface area contributed by atoms with Gasteiger partial charge in [-0.15, -0.1) is 0 Å². The van der Waals surface area contributed by atoms with Gasteiger partial charge in [-0.05, 0) is 30.5 Å². The third kappa shape index (κ3) is 3.85. The number of benzene rings is 1. The molecule has 0 amide bonds. The molecule has 1 aromatic heterocycles. The number of hydrogen-bond donors (Lipinski definition) is 2. The quantitative estimate of drug-likeness (QED) is 0.247. The second-order valence-corrected chi connectivity index (χ2v) is 8.55. The van der Waals surface area contributed by atoms with E-state index in [0.717, 1.165) is 11.1 Å². The van der Waals surface area contributed by atoms with Crippen LogP contribution in [0.4, 0.5) is 8.78 Å². The summed E-state index contributed by atoms with van der Waals surface area (Å²) in [6.07, 6.45) is 4.34. The highest BCUT2D eigenvalue weighted by atomic mass is 19.3. The van der Waals surface area contributed by atoms with E-state index in [1.165, 1.54) is 6.92 Å². The molecule has 6 nitrogen and oxygen atoms in total. The zero-order valence-electron chi connectivity index (χ0n) is 17.9. The highest BCUT2D eigenvalue weighted by molar-refractivity contribution is 6.03. The second kappa shape index (κ2) is 8.33. The highest BCUT2D eigenvalue weighted by Crippen LogP contribution is 2.52. The van der Waals surface area contributed by atoms with E-state index in [9.17, 15) is 13.6 Å². The predicted molar refractivity (Wildman–Crippen MR) is 118 cm³/mol. The van der Waals surface area contributed by atoms with Crippen molar-refractivity contribution in [3.63, 3.8) is 0 Å². The van der Waals surface area contributed by atoms with Crippen LogP contribution >= 0.6 is 0 Å². The van der Waals surface area contributed by atoms with Gasteiger partial charge in [-0.1, -0.05) is 43.3 Å². The third-order valence-corrected chi connectivity index (χ3v) is 6.72. The van der Waals surface area contributed by atoms with Crippen molar-refractivity contribution >= 4 is 17.9 Å². The SMILES string of the molecule is CC1OC(=O)C2CC(F)(F)C(C)C(/C=C/c3ccc(-c4ccccc4/C(N)=N/N)cn3)C12. The molecule has 1 aromatic carbocycles. The number of rotatable bonds is 4. The fraction of sp³-hybridized carbons (Fsp3) is 0.375. The Hall–Kier alpha value is -3.29. The highest BCUT2D eigenvalue weighted by Gasteiger charge is 2.59. The number of hydrogen-bond acceptors (Lipinski definition) is 5. The van der Waals surface area contributed by atoms with Crippen molar-refractivity contribution in [1.82, 2.24) is 4.98 Å². The Morgan fingerprint density at radius 3 is 2.69 bits per heavy atom. The molecule has 4 N–H and O–H groups in total. The maximum atomic E-state index is 14.6. The number of carbonyl (C=O) groups is 1. The molecule has 5 atom stereocenters. The van der Waals surface area contributed by atoms with Crippen LogP contribution in [0.1, 0.15) is 31.5 Å². The number of amidine groups is 1. The van der Waals surface area contributed by atoms with Crippen molar-refractivity contribution in [2.75, 3.05) is 0 Å². The summed E-state index contributed by atoms with van der Waals surface area (Å²) in [5.41, 5.74) is 8.87. The largest absolute Gasteiger partial charge is 0.462 e. The molecule has 8 heteroatoms. The summed E-state index contributed by atoms with van der Waals surface area (Å²) in [5, 5.41) is 3.57. The molecule has 2 aromatic rings. The first-order chi connectivity index (χ1) is 15.2. The van der Waals surface area contributed by atoms with E-state index in [0.29, 0.717) is 11.3 Å². The predicted octanol–water partition coefficient (Wildman–Crippen LogP) is 3.81. The van der Waals surface area contributed by atoms with Crippen molar-refractivity contribution in [3.8, 4) is 11.1 Å². The van der Waals surface area contributed by atoms with Crippen LogP contribution in [0.5, 0.6) is 0 Å². The first kappa shape index (κ1) is 21.9. The Labute approximate surface area is 185 Å². The van der Waals surface area contributed by atoms with Crippen molar-refractivity contribution in [2.45, 2.75) is 32.3 Å². The Kier molecular flexibility index (Phi) is 5.71. The number of alkyl halides is 2. The zero-order chi connectivity index (χ0) is 23.0. The van der Waals surface area contributed by atoms with Gasteiger partial charge in [-0.25, -0.2) is 8.78 Å². The molecule has 2 aliphatic rings. The number of allylic oxidation sites excluding steroid dienone is 1. The summed E-state index contributed by atoms with van der Waals surface area (Å²) >= 11 is 0. The minimum atomic E-state index is -2.93. The van der Waals surface area contributed by atoms with Gasteiger partial charge < -0.3 is 16.3 Å². The van der Waals surface area contributed by atoms with Gasteiger partial charge in [-0.3, -0.25) is 9.78 Å². The van der Waals surface area contributed by atoms with Crippen LogP contribution in [0.25, 0.3) is 17.2 Å². The van der Waals surface area contributed by atoms with E-state index in [1.807, 2.05) is 30.3 Å². The lowest BCUT2D eigenvalue weighted by Crippen LogP contribution is -2.46. The molecule has 2 fully saturated rings. The lowest BCUT2D eigenvalue weighted by Gasteiger charge is -2.41. The van der Waals surface area contributed by atoms with Crippen LogP contribution in [0.2, 0.25) is 0 Å². The molecule has 0 bridgehead atoms. The number of halogens is 2. The van der Waals surface area contributed by atoms with Crippen LogP contribution in [0.3, 0.4) is 0 Å². The molecule has 168 valence electrons. The number of cyclic esters (lactones) is 1. The van der Waals surface area contributed by atoms with Gasteiger partial charge in [0.1, 0.15) is 6.10 Å². The third-order valence-electron chi connectivity index (χ3n) is 6.72. The van der Waals surface area contributed by atoms with Crippen LogP contribution < -0.4 is 11.6 Å². The van der Waals surface area contributed by atoms with E-state index in [4.69, 9.17) is 16.3 Å². The molecule has 0 spiro atoms. The molecule has 32 heavy (non-hydrogen) atoms. The number of pyridine rings is 1. The first-order valence-corrected chi connectivity index (χ1v) is 10.6. The number of esters is 1. The fourth-order valence-electron chi connectivity index (χ4n) is 4.92.